The van der Waals surface area contributed by atoms with E-state index in [0.717, 1.165) is 11.7 Å². The molecule has 2 atom stereocenters. The summed E-state index contributed by atoms with van der Waals surface area (Å²) in [6.07, 6.45) is 5.21. The zero-order chi connectivity index (χ0) is 13.9. The minimum absolute atomic E-state index is 0.170. The molecule has 0 radical (unpaired) electrons. The Morgan fingerprint density at radius 3 is 2.74 bits per heavy atom. The lowest BCUT2D eigenvalue weighted by Crippen LogP contribution is -2.39. The van der Waals surface area contributed by atoms with Crippen LogP contribution in [0.3, 0.4) is 0 Å². The number of hydrogen-bond donors (Lipinski definition) is 1. The van der Waals surface area contributed by atoms with Crippen LogP contribution in [0, 0.1) is 0 Å². The Kier molecular flexibility index (Phi) is 5.32. The van der Waals surface area contributed by atoms with Gasteiger partial charge in [-0.05, 0) is 25.6 Å². The summed E-state index contributed by atoms with van der Waals surface area (Å²) in [5, 5.41) is 7.80. The third kappa shape index (κ3) is 4.20. The maximum absolute atomic E-state index is 4.83. The predicted octanol–water partition coefficient (Wildman–Crippen LogP) is 3.86. The number of likely N-dealkylation sites (N-methyl/N-ethyl adjacent to an activating group) is 1. The fourth-order valence-corrected chi connectivity index (χ4v) is 4.99. The van der Waals surface area contributed by atoms with E-state index in [0.29, 0.717) is 6.04 Å². The molecule has 1 aliphatic heterocycles. The summed E-state index contributed by atoms with van der Waals surface area (Å²) in [7, 11) is 2.10. The molecule has 19 heavy (non-hydrogen) atoms. The van der Waals surface area contributed by atoms with Crippen molar-refractivity contribution in [2.45, 2.75) is 63.2 Å². The topological polar surface area (TPSA) is 24.9 Å². The SMILES string of the molecule is CNC(Cc1nc(C(C)(C)C)cs1)C1CCCCS1. The first-order chi connectivity index (χ1) is 9.00. The number of aromatic nitrogens is 1. The molecule has 2 nitrogen and oxygen atoms in total. The highest BCUT2D eigenvalue weighted by Gasteiger charge is 2.25. The first-order valence-corrected chi connectivity index (χ1v) is 9.17. The summed E-state index contributed by atoms with van der Waals surface area (Å²) in [4.78, 5) is 4.83. The summed E-state index contributed by atoms with van der Waals surface area (Å²) in [6, 6.07) is 0.573. The van der Waals surface area contributed by atoms with Crippen molar-refractivity contribution < 1.29 is 0 Å². The van der Waals surface area contributed by atoms with Gasteiger partial charge in [0, 0.05) is 28.5 Å². The average Bonchev–Trinajstić information content (AvgIpc) is 2.85. The number of rotatable bonds is 4. The molecule has 1 aromatic rings. The van der Waals surface area contributed by atoms with Crippen LogP contribution in [-0.2, 0) is 11.8 Å². The highest BCUT2D eigenvalue weighted by molar-refractivity contribution is 8.00. The van der Waals surface area contributed by atoms with Crippen LogP contribution in [-0.4, -0.2) is 29.1 Å². The molecular weight excluding hydrogens is 272 g/mol. The maximum atomic E-state index is 4.83. The van der Waals surface area contributed by atoms with Crippen LogP contribution < -0.4 is 5.32 Å². The van der Waals surface area contributed by atoms with Crippen LogP contribution in [0.15, 0.2) is 5.38 Å². The van der Waals surface area contributed by atoms with E-state index in [2.05, 4.69) is 50.3 Å². The Labute approximate surface area is 125 Å². The second-order valence-corrected chi connectivity index (χ2v) is 8.67. The van der Waals surface area contributed by atoms with Crippen LogP contribution >= 0.6 is 23.1 Å². The second-order valence-electron chi connectivity index (χ2n) is 6.38. The van der Waals surface area contributed by atoms with Crippen molar-refractivity contribution in [1.82, 2.24) is 10.3 Å². The predicted molar refractivity (Wildman–Crippen MR) is 87.5 cm³/mol. The fraction of sp³-hybridized carbons (Fsp3) is 0.800. The van der Waals surface area contributed by atoms with Gasteiger partial charge in [-0.2, -0.15) is 11.8 Å². The largest absolute Gasteiger partial charge is 0.315 e. The van der Waals surface area contributed by atoms with Crippen LogP contribution in [0.25, 0.3) is 0 Å². The molecule has 1 N–H and O–H groups in total. The van der Waals surface area contributed by atoms with Gasteiger partial charge in [0.2, 0.25) is 0 Å². The third-order valence-corrected chi connectivity index (χ3v) is 6.14. The van der Waals surface area contributed by atoms with Gasteiger partial charge in [-0.15, -0.1) is 11.3 Å². The van der Waals surface area contributed by atoms with Gasteiger partial charge in [0.15, 0.2) is 0 Å². The molecule has 0 bridgehead atoms. The summed E-state index contributed by atoms with van der Waals surface area (Å²) >= 11 is 3.97. The van der Waals surface area contributed by atoms with Crippen molar-refractivity contribution in [3.8, 4) is 0 Å². The van der Waals surface area contributed by atoms with E-state index < -0.39 is 0 Å². The Bertz CT molecular complexity index is 389. The summed E-state index contributed by atoms with van der Waals surface area (Å²) in [6.45, 7) is 6.70. The Morgan fingerprint density at radius 1 is 1.42 bits per heavy atom. The first kappa shape index (κ1) is 15.3. The Hall–Kier alpha value is -0.0600. The van der Waals surface area contributed by atoms with Gasteiger partial charge in [-0.25, -0.2) is 4.98 Å². The summed E-state index contributed by atoms with van der Waals surface area (Å²) in [5.74, 6) is 1.33. The summed E-state index contributed by atoms with van der Waals surface area (Å²) in [5.41, 5.74) is 1.40. The van der Waals surface area contributed by atoms with Crippen molar-refractivity contribution in [2.24, 2.45) is 0 Å². The minimum atomic E-state index is 0.170. The van der Waals surface area contributed by atoms with Crippen LogP contribution in [0.5, 0.6) is 0 Å². The number of thiazole rings is 1. The molecule has 2 rings (SSSR count). The van der Waals surface area contributed by atoms with Crippen LogP contribution in [0.4, 0.5) is 0 Å². The van der Waals surface area contributed by atoms with Crippen LogP contribution in [0.1, 0.15) is 50.7 Å². The van der Waals surface area contributed by atoms with Crippen LogP contribution in [0.2, 0.25) is 0 Å². The van der Waals surface area contributed by atoms with Gasteiger partial charge in [-0.1, -0.05) is 27.2 Å². The molecule has 0 saturated carbocycles. The molecule has 2 unspecified atom stereocenters. The normalized spacial score (nSPS) is 22.4. The lowest BCUT2D eigenvalue weighted by Gasteiger charge is -2.29. The Morgan fingerprint density at radius 2 is 2.21 bits per heavy atom. The van der Waals surface area contributed by atoms with Crippen molar-refractivity contribution in [1.29, 1.82) is 0 Å². The van der Waals surface area contributed by atoms with Crippen molar-refractivity contribution in [2.75, 3.05) is 12.8 Å². The van der Waals surface area contributed by atoms with E-state index >= 15 is 0 Å². The highest BCUT2D eigenvalue weighted by Crippen LogP contribution is 2.30. The number of hydrogen-bond acceptors (Lipinski definition) is 4. The van der Waals surface area contributed by atoms with Crippen molar-refractivity contribution in [3.63, 3.8) is 0 Å². The number of thioether (sulfide) groups is 1. The van der Waals surface area contributed by atoms with E-state index in [9.17, 15) is 0 Å². The highest BCUT2D eigenvalue weighted by atomic mass is 32.2. The zero-order valence-electron chi connectivity index (χ0n) is 12.5. The third-order valence-electron chi connectivity index (χ3n) is 3.75. The molecule has 1 aliphatic rings. The average molecular weight is 299 g/mol. The molecule has 0 amide bonds. The monoisotopic (exact) mass is 298 g/mol. The van der Waals surface area contributed by atoms with E-state index in [1.807, 2.05) is 11.3 Å². The van der Waals surface area contributed by atoms with Gasteiger partial charge >= 0.3 is 0 Å². The molecule has 4 heteroatoms. The molecule has 0 aromatic carbocycles. The molecule has 2 heterocycles. The standard InChI is InChI=1S/C15H26N2S2/c1-15(2,3)13-10-19-14(17-13)9-11(16-4)12-7-5-6-8-18-12/h10-12,16H,5-9H2,1-4H3. The van der Waals surface area contributed by atoms with Gasteiger partial charge in [0.05, 0.1) is 10.7 Å². The minimum Gasteiger partial charge on any atom is -0.315 e. The second kappa shape index (κ2) is 6.59. The van der Waals surface area contributed by atoms with Crippen molar-refractivity contribution in [3.05, 3.63) is 16.1 Å². The lowest BCUT2D eigenvalue weighted by molar-refractivity contribution is 0.492. The number of nitrogens with one attached hydrogen (secondary N) is 1. The van der Waals surface area contributed by atoms with Gasteiger partial charge in [0.25, 0.3) is 0 Å². The molecule has 0 spiro atoms. The smallest absolute Gasteiger partial charge is 0.0944 e. The quantitative estimate of drug-likeness (QED) is 0.914. The zero-order valence-corrected chi connectivity index (χ0v) is 14.2. The van der Waals surface area contributed by atoms with E-state index in [-0.39, 0.29) is 5.41 Å². The van der Waals surface area contributed by atoms with E-state index in [1.165, 1.54) is 35.7 Å². The molecule has 1 aromatic heterocycles. The lowest BCUT2D eigenvalue weighted by atomic mass is 9.93. The molecule has 1 fully saturated rings. The molecule has 1 saturated heterocycles. The Balaban J connectivity index is 1.99. The molecular formula is C15H26N2S2. The van der Waals surface area contributed by atoms with Crippen molar-refractivity contribution >= 4 is 23.1 Å². The van der Waals surface area contributed by atoms with Gasteiger partial charge in [-0.3, -0.25) is 0 Å². The molecule has 108 valence electrons. The van der Waals surface area contributed by atoms with Gasteiger partial charge in [0.1, 0.15) is 0 Å². The molecule has 0 aliphatic carbocycles. The maximum Gasteiger partial charge on any atom is 0.0944 e. The van der Waals surface area contributed by atoms with E-state index in [4.69, 9.17) is 4.98 Å². The first-order valence-electron chi connectivity index (χ1n) is 7.24. The fourth-order valence-electron chi connectivity index (χ4n) is 2.44. The van der Waals surface area contributed by atoms with E-state index in [1.54, 1.807) is 0 Å². The number of nitrogens with zero attached hydrogens (tertiary/aromatic N) is 1. The summed E-state index contributed by atoms with van der Waals surface area (Å²) < 4.78 is 0. The van der Waals surface area contributed by atoms with Gasteiger partial charge < -0.3 is 5.32 Å².